The molecular formula is C13H14N4. The third-order valence-electron chi connectivity index (χ3n) is 2.61. The van der Waals surface area contributed by atoms with Crippen LogP contribution in [0, 0.1) is 25.2 Å². The summed E-state index contributed by atoms with van der Waals surface area (Å²) in [5.41, 5.74) is 10.0. The van der Waals surface area contributed by atoms with Gasteiger partial charge in [-0.15, -0.1) is 0 Å². The second-order valence-corrected chi connectivity index (χ2v) is 4.15. The van der Waals surface area contributed by atoms with Crippen LogP contribution in [0.1, 0.15) is 16.7 Å². The van der Waals surface area contributed by atoms with Crippen LogP contribution in [0.25, 0.3) is 5.69 Å². The molecule has 0 aliphatic rings. The lowest BCUT2D eigenvalue weighted by atomic mass is 10.1. The predicted molar refractivity (Wildman–Crippen MR) is 66.8 cm³/mol. The van der Waals surface area contributed by atoms with Crippen LogP contribution in [0.15, 0.2) is 24.4 Å². The Hall–Kier alpha value is -2.28. The second-order valence-electron chi connectivity index (χ2n) is 4.15. The smallest absolute Gasteiger partial charge is 0.131 e. The average molecular weight is 226 g/mol. The zero-order valence-electron chi connectivity index (χ0n) is 9.94. The number of nitrogens with zero attached hydrogens (tertiary/aromatic N) is 3. The molecule has 0 fully saturated rings. The van der Waals surface area contributed by atoms with Crippen LogP contribution in [0.5, 0.6) is 0 Å². The van der Waals surface area contributed by atoms with Crippen LogP contribution in [0.4, 0.5) is 5.82 Å². The molecule has 0 aliphatic carbocycles. The predicted octanol–water partition coefficient (Wildman–Crippen LogP) is 2.14. The number of nitriles is 1. The average Bonchev–Trinajstić information content (AvgIpc) is 2.60. The van der Waals surface area contributed by atoms with Gasteiger partial charge in [0.2, 0.25) is 0 Å². The van der Waals surface area contributed by atoms with Crippen LogP contribution in [0.3, 0.4) is 0 Å². The Morgan fingerprint density at radius 2 is 1.94 bits per heavy atom. The van der Waals surface area contributed by atoms with Gasteiger partial charge in [0, 0.05) is 5.56 Å². The van der Waals surface area contributed by atoms with E-state index in [4.69, 9.17) is 11.0 Å². The van der Waals surface area contributed by atoms with Gasteiger partial charge in [-0.25, -0.2) is 4.68 Å². The summed E-state index contributed by atoms with van der Waals surface area (Å²) >= 11 is 0. The number of aryl methyl sites for hydroxylation is 2. The van der Waals surface area contributed by atoms with Crippen molar-refractivity contribution in [3.8, 4) is 11.8 Å². The summed E-state index contributed by atoms with van der Waals surface area (Å²) in [5, 5.41) is 12.9. The fourth-order valence-corrected chi connectivity index (χ4v) is 1.89. The van der Waals surface area contributed by atoms with Crippen molar-refractivity contribution in [1.29, 1.82) is 5.26 Å². The van der Waals surface area contributed by atoms with Crippen molar-refractivity contribution < 1.29 is 0 Å². The Kier molecular flexibility index (Phi) is 2.84. The summed E-state index contributed by atoms with van der Waals surface area (Å²) in [5.74, 6) is 0.538. The van der Waals surface area contributed by atoms with Crippen molar-refractivity contribution in [2.24, 2.45) is 0 Å². The highest BCUT2D eigenvalue weighted by atomic mass is 15.3. The van der Waals surface area contributed by atoms with Crippen molar-refractivity contribution in [3.05, 3.63) is 41.1 Å². The fraction of sp³-hybridized carbons (Fsp3) is 0.231. The molecule has 4 nitrogen and oxygen atoms in total. The van der Waals surface area contributed by atoms with E-state index >= 15 is 0 Å². The third kappa shape index (κ3) is 2.13. The van der Waals surface area contributed by atoms with E-state index in [1.165, 1.54) is 0 Å². The number of nitrogens with two attached hydrogens (primary N) is 1. The molecule has 0 saturated heterocycles. The van der Waals surface area contributed by atoms with Crippen LogP contribution in [-0.4, -0.2) is 9.78 Å². The zero-order chi connectivity index (χ0) is 12.4. The minimum atomic E-state index is 0.288. The molecule has 2 rings (SSSR count). The maximum atomic E-state index is 8.67. The first-order valence-electron chi connectivity index (χ1n) is 5.40. The summed E-state index contributed by atoms with van der Waals surface area (Å²) in [4.78, 5) is 0. The van der Waals surface area contributed by atoms with E-state index in [9.17, 15) is 0 Å². The zero-order valence-corrected chi connectivity index (χ0v) is 9.94. The van der Waals surface area contributed by atoms with Crippen molar-refractivity contribution in [1.82, 2.24) is 9.78 Å². The van der Waals surface area contributed by atoms with Gasteiger partial charge in [-0.3, -0.25) is 0 Å². The molecule has 17 heavy (non-hydrogen) atoms. The molecular weight excluding hydrogens is 212 g/mol. The molecule has 2 N–H and O–H groups in total. The molecule has 0 amide bonds. The van der Waals surface area contributed by atoms with Gasteiger partial charge < -0.3 is 5.73 Å². The summed E-state index contributed by atoms with van der Waals surface area (Å²) in [6.45, 7) is 4.07. The highest BCUT2D eigenvalue weighted by molar-refractivity contribution is 5.49. The molecule has 0 atom stereocenters. The van der Waals surface area contributed by atoms with Gasteiger partial charge in [0.05, 0.1) is 24.4 Å². The summed E-state index contributed by atoms with van der Waals surface area (Å²) in [6, 6.07) is 8.22. The van der Waals surface area contributed by atoms with Crippen molar-refractivity contribution in [2.45, 2.75) is 20.3 Å². The van der Waals surface area contributed by atoms with Crippen molar-refractivity contribution in [3.63, 3.8) is 0 Å². The van der Waals surface area contributed by atoms with Crippen molar-refractivity contribution in [2.75, 3.05) is 5.73 Å². The van der Waals surface area contributed by atoms with E-state index in [0.29, 0.717) is 5.82 Å². The Morgan fingerprint density at radius 3 is 2.53 bits per heavy atom. The molecule has 0 unspecified atom stereocenters. The van der Waals surface area contributed by atoms with Gasteiger partial charge in [-0.1, -0.05) is 6.07 Å². The lowest BCUT2D eigenvalue weighted by Crippen LogP contribution is -2.03. The molecule has 1 aromatic heterocycles. The van der Waals surface area contributed by atoms with Gasteiger partial charge in [0.25, 0.3) is 0 Å². The van der Waals surface area contributed by atoms with Gasteiger partial charge in [0.15, 0.2) is 0 Å². The fourth-order valence-electron chi connectivity index (χ4n) is 1.89. The van der Waals surface area contributed by atoms with Crippen LogP contribution >= 0.6 is 0 Å². The summed E-state index contributed by atoms with van der Waals surface area (Å²) in [6.07, 6.45) is 1.94. The SMILES string of the molecule is Cc1cc(C)cc(-n2ncc(CC#N)c2N)c1. The Morgan fingerprint density at radius 1 is 1.29 bits per heavy atom. The molecule has 2 aromatic rings. The molecule has 1 heterocycles. The number of rotatable bonds is 2. The van der Waals surface area contributed by atoms with Gasteiger partial charge in [-0.2, -0.15) is 10.4 Å². The number of hydrogen-bond acceptors (Lipinski definition) is 3. The van der Waals surface area contributed by atoms with Crippen LogP contribution in [-0.2, 0) is 6.42 Å². The lowest BCUT2D eigenvalue weighted by Gasteiger charge is -2.07. The number of anilines is 1. The van der Waals surface area contributed by atoms with Gasteiger partial charge >= 0.3 is 0 Å². The quantitative estimate of drug-likeness (QED) is 0.853. The summed E-state index contributed by atoms with van der Waals surface area (Å²) < 4.78 is 1.67. The monoisotopic (exact) mass is 226 g/mol. The van der Waals surface area contributed by atoms with E-state index in [-0.39, 0.29) is 6.42 Å². The van der Waals surface area contributed by atoms with Crippen molar-refractivity contribution >= 4 is 5.82 Å². The van der Waals surface area contributed by atoms with Crippen LogP contribution in [0.2, 0.25) is 0 Å². The molecule has 0 aliphatic heterocycles. The number of aromatic nitrogens is 2. The molecule has 4 heteroatoms. The number of benzene rings is 1. The third-order valence-corrected chi connectivity index (χ3v) is 2.61. The Bertz CT molecular complexity index is 570. The molecule has 0 spiro atoms. The first-order chi connectivity index (χ1) is 8.11. The molecule has 0 radical (unpaired) electrons. The highest BCUT2D eigenvalue weighted by Gasteiger charge is 2.09. The molecule has 0 bridgehead atoms. The highest BCUT2D eigenvalue weighted by Crippen LogP contribution is 2.19. The molecule has 0 saturated carbocycles. The van der Waals surface area contributed by atoms with E-state index in [1.807, 2.05) is 26.0 Å². The largest absolute Gasteiger partial charge is 0.383 e. The topological polar surface area (TPSA) is 67.6 Å². The summed E-state index contributed by atoms with van der Waals surface area (Å²) in [7, 11) is 0. The van der Waals surface area contributed by atoms with E-state index in [0.717, 1.165) is 22.4 Å². The normalized spacial score (nSPS) is 10.2. The Labute approximate surface area is 100 Å². The minimum absolute atomic E-state index is 0.288. The van der Waals surface area contributed by atoms with Crippen LogP contribution < -0.4 is 5.73 Å². The van der Waals surface area contributed by atoms with E-state index < -0.39 is 0 Å². The lowest BCUT2D eigenvalue weighted by molar-refractivity contribution is 0.888. The first-order valence-corrected chi connectivity index (χ1v) is 5.40. The maximum absolute atomic E-state index is 8.67. The second kappa shape index (κ2) is 4.30. The van der Waals surface area contributed by atoms with Gasteiger partial charge in [-0.05, 0) is 37.1 Å². The Balaban J connectivity index is 2.50. The maximum Gasteiger partial charge on any atom is 0.131 e. The first kappa shape index (κ1) is 11.2. The van der Waals surface area contributed by atoms with E-state index in [1.54, 1.807) is 10.9 Å². The number of nitrogen functional groups attached to an aromatic ring is 1. The van der Waals surface area contributed by atoms with E-state index in [2.05, 4.69) is 17.2 Å². The van der Waals surface area contributed by atoms with Gasteiger partial charge in [0.1, 0.15) is 5.82 Å². The standard InChI is InChI=1S/C13H14N4/c1-9-5-10(2)7-12(6-9)17-13(15)11(3-4-14)8-16-17/h5-8H,3,15H2,1-2H3. The molecule has 86 valence electrons. The minimum Gasteiger partial charge on any atom is -0.383 e. The molecule has 1 aromatic carbocycles. The number of hydrogen-bond donors (Lipinski definition) is 1.